The first kappa shape index (κ1) is 16.0. The molecule has 0 radical (unpaired) electrons. The highest BCUT2D eigenvalue weighted by Crippen LogP contribution is 2.28. The zero-order valence-electron chi connectivity index (χ0n) is 11.9. The second-order valence-corrected chi connectivity index (χ2v) is 6.20. The summed E-state index contributed by atoms with van der Waals surface area (Å²) in [5, 5.41) is 0.882. The third-order valence-corrected chi connectivity index (χ3v) is 3.90. The molecule has 0 aliphatic heterocycles. The molecule has 0 aliphatic carbocycles. The maximum Gasteiger partial charge on any atom is 0.337 e. The molecule has 4 heteroatoms. The van der Waals surface area contributed by atoms with E-state index < -0.39 is 0 Å². The SMILES string of the molecule is COC(=O)c1cccc(OCC(CBr)C(C)(C)C)c1. The number of halogens is 1. The highest BCUT2D eigenvalue weighted by atomic mass is 79.9. The number of hydrogen-bond donors (Lipinski definition) is 0. The molecule has 0 heterocycles. The Morgan fingerprint density at radius 3 is 2.58 bits per heavy atom. The number of hydrogen-bond acceptors (Lipinski definition) is 3. The van der Waals surface area contributed by atoms with Crippen molar-refractivity contribution in [2.45, 2.75) is 20.8 Å². The number of esters is 1. The van der Waals surface area contributed by atoms with Crippen molar-refractivity contribution in [2.75, 3.05) is 19.0 Å². The van der Waals surface area contributed by atoms with Crippen molar-refractivity contribution >= 4 is 21.9 Å². The van der Waals surface area contributed by atoms with Crippen molar-refractivity contribution in [3.05, 3.63) is 29.8 Å². The lowest BCUT2D eigenvalue weighted by Gasteiger charge is -2.29. The maximum absolute atomic E-state index is 11.4. The van der Waals surface area contributed by atoms with Gasteiger partial charge in [-0.25, -0.2) is 4.79 Å². The van der Waals surface area contributed by atoms with Crippen molar-refractivity contribution in [3.8, 4) is 5.75 Å². The Hall–Kier alpha value is -1.03. The van der Waals surface area contributed by atoms with Crippen molar-refractivity contribution in [1.82, 2.24) is 0 Å². The largest absolute Gasteiger partial charge is 0.493 e. The van der Waals surface area contributed by atoms with Crippen LogP contribution in [0.1, 0.15) is 31.1 Å². The minimum absolute atomic E-state index is 0.170. The van der Waals surface area contributed by atoms with Gasteiger partial charge in [0.25, 0.3) is 0 Å². The highest BCUT2D eigenvalue weighted by molar-refractivity contribution is 9.09. The molecule has 0 spiro atoms. The molecule has 0 fully saturated rings. The molecule has 0 saturated heterocycles. The van der Waals surface area contributed by atoms with Gasteiger partial charge in [-0.3, -0.25) is 0 Å². The van der Waals surface area contributed by atoms with Crippen molar-refractivity contribution in [2.24, 2.45) is 11.3 Å². The first-order valence-electron chi connectivity index (χ1n) is 6.25. The molecule has 106 valence electrons. The van der Waals surface area contributed by atoms with Gasteiger partial charge in [0.2, 0.25) is 0 Å². The van der Waals surface area contributed by atoms with Crippen LogP contribution in [0.15, 0.2) is 24.3 Å². The van der Waals surface area contributed by atoms with Crippen LogP contribution in [-0.4, -0.2) is 25.0 Å². The lowest BCUT2D eigenvalue weighted by molar-refractivity contribution is 0.0600. The van der Waals surface area contributed by atoms with Gasteiger partial charge in [0.1, 0.15) is 5.75 Å². The highest BCUT2D eigenvalue weighted by Gasteiger charge is 2.24. The average molecular weight is 329 g/mol. The van der Waals surface area contributed by atoms with Gasteiger partial charge in [-0.05, 0) is 23.6 Å². The second kappa shape index (κ2) is 6.94. The summed E-state index contributed by atoms with van der Waals surface area (Å²) in [5.41, 5.74) is 0.676. The van der Waals surface area contributed by atoms with E-state index in [-0.39, 0.29) is 11.4 Å². The van der Waals surface area contributed by atoms with E-state index >= 15 is 0 Å². The number of carbonyl (C=O) groups excluding carboxylic acids is 1. The van der Waals surface area contributed by atoms with E-state index in [2.05, 4.69) is 36.7 Å². The standard InChI is InChI=1S/C15H21BrO3/c1-15(2,3)12(9-16)10-19-13-7-5-6-11(8-13)14(17)18-4/h5-8,12H,9-10H2,1-4H3. The minimum atomic E-state index is -0.349. The second-order valence-electron chi connectivity index (χ2n) is 5.55. The van der Waals surface area contributed by atoms with Crippen LogP contribution >= 0.6 is 15.9 Å². The summed E-state index contributed by atoms with van der Waals surface area (Å²) in [6.45, 7) is 7.17. The van der Waals surface area contributed by atoms with E-state index in [0.29, 0.717) is 23.8 Å². The molecule has 0 saturated carbocycles. The van der Waals surface area contributed by atoms with E-state index in [1.54, 1.807) is 18.2 Å². The minimum Gasteiger partial charge on any atom is -0.493 e. The zero-order chi connectivity index (χ0) is 14.5. The number of rotatable bonds is 5. The topological polar surface area (TPSA) is 35.5 Å². The Bertz CT molecular complexity index is 424. The van der Waals surface area contributed by atoms with Crippen LogP contribution in [0, 0.1) is 11.3 Å². The van der Waals surface area contributed by atoms with E-state index in [1.165, 1.54) is 7.11 Å². The van der Waals surface area contributed by atoms with Gasteiger partial charge in [-0.2, -0.15) is 0 Å². The normalized spacial score (nSPS) is 12.9. The number of ether oxygens (including phenoxy) is 2. The smallest absolute Gasteiger partial charge is 0.337 e. The summed E-state index contributed by atoms with van der Waals surface area (Å²) in [6.07, 6.45) is 0. The van der Waals surface area contributed by atoms with Gasteiger partial charge in [0.15, 0.2) is 0 Å². The number of benzene rings is 1. The molecule has 19 heavy (non-hydrogen) atoms. The molecule has 1 rings (SSSR count). The fourth-order valence-corrected chi connectivity index (χ4v) is 2.71. The molecular formula is C15H21BrO3. The first-order chi connectivity index (χ1) is 8.88. The predicted molar refractivity (Wildman–Crippen MR) is 80.0 cm³/mol. The van der Waals surface area contributed by atoms with Gasteiger partial charge in [-0.15, -0.1) is 0 Å². The Morgan fingerprint density at radius 1 is 1.37 bits per heavy atom. The predicted octanol–water partition coefficient (Wildman–Crippen LogP) is 3.91. The number of alkyl halides is 1. The average Bonchev–Trinajstić information content (AvgIpc) is 2.37. The van der Waals surface area contributed by atoms with E-state index in [4.69, 9.17) is 9.47 Å². The molecule has 0 aromatic heterocycles. The number of methoxy groups -OCH3 is 1. The molecule has 3 nitrogen and oxygen atoms in total. The van der Waals surface area contributed by atoms with Crippen molar-refractivity contribution in [1.29, 1.82) is 0 Å². The summed E-state index contributed by atoms with van der Waals surface area (Å²) in [5.74, 6) is 0.741. The van der Waals surface area contributed by atoms with Crippen LogP contribution < -0.4 is 4.74 Å². The Labute approximate surface area is 123 Å². The summed E-state index contributed by atoms with van der Waals surface area (Å²) < 4.78 is 10.5. The fraction of sp³-hybridized carbons (Fsp3) is 0.533. The van der Waals surface area contributed by atoms with Gasteiger partial charge < -0.3 is 9.47 Å². The van der Waals surface area contributed by atoms with Gasteiger partial charge in [0.05, 0.1) is 19.3 Å². The monoisotopic (exact) mass is 328 g/mol. The molecular weight excluding hydrogens is 308 g/mol. The molecule has 1 aromatic carbocycles. The molecule has 1 aromatic rings. The fourth-order valence-electron chi connectivity index (χ4n) is 1.55. The van der Waals surface area contributed by atoms with Gasteiger partial charge in [0, 0.05) is 11.2 Å². The maximum atomic E-state index is 11.4. The van der Waals surface area contributed by atoms with Crippen molar-refractivity contribution in [3.63, 3.8) is 0 Å². The lowest BCUT2D eigenvalue weighted by atomic mass is 9.83. The van der Waals surface area contributed by atoms with Crippen LogP contribution in [0.4, 0.5) is 0 Å². The van der Waals surface area contributed by atoms with Crippen LogP contribution in [-0.2, 0) is 4.74 Å². The third-order valence-electron chi connectivity index (χ3n) is 3.12. The van der Waals surface area contributed by atoms with Crippen LogP contribution in [0.25, 0.3) is 0 Å². The Kier molecular flexibility index (Phi) is 5.85. The Morgan fingerprint density at radius 2 is 2.05 bits per heavy atom. The van der Waals surface area contributed by atoms with Gasteiger partial charge >= 0.3 is 5.97 Å². The number of carbonyl (C=O) groups is 1. The van der Waals surface area contributed by atoms with Gasteiger partial charge in [-0.1, -0.05) is 42.8 Å². The summed E-state index contributed by atoms with van der Waals surface area (Å²) in [7, 11) is 1.37. The first-order valence-corrected chi connectivity index (χ1v) is 7.37. The zero-order valence-corrected chi connectivity index (χ0v) is 13.5. The molecule has 0 bridgehead atoms. The Balaban J connectivity index is 2.70. The summed E-state index contributed by atoms with van der Waals surface area (Å²) in [4.78, 5) is 11.4. The quantitative estimate of drug-likeness (QED) is 0.607. The third kappa shape index (κ3) is 4.86. The summed E-state index contributed by atoms with van der Waals surface area (Å²) in [6, 6.07) is 7.06. The van der Waals surface area contributed by atoms with Crippen LogP contribution in [0.3, 0.4) is 0 Å². The molecule has 0 amide bonds. The van der Waals surface area contributed by atoms with Crippen molar-refractivity contribution < 1.29 is 14.3 Å². The molecule has 1 atom stereocenters. The van der Waals surface area contributed by atoms with Crippen LogP contribution in [0.5, 0.6) is 5.75 Å². The van der Waals surface area contributed by atoms with Crippen LogP contribution in [0.2, 0.25) is 0 Å². The molecule has 0 aliphatic rings. The summed E-state index contributed by atoms with van der Waals surface area (Å²) >= 11 is 3.52. The van der Waals surface area contributed by atoms with E-state index in [9.17, 15) is 4.79 Å². The van der Waals surface area contributed by atoms with E-state index in [1.807, 2.05) is 6.07 Å². The molecule has 0 N–H and O–H groups in total. The lowest BCUT2D eigenvalue weighted by Crippen LogP contribution is -2.27. The van der Waals surface area contributed by atoms with E-state index in [0.717, 1.165) is 5.33 Å². The molecule has 1 unspecified atom stereocenters.